The Morgan fingerprint density at radius 1 is 1.21 bits per heavy atom. The predicted octanol–water partition coefficient (Wildman–Crippen LogP) is 0.0671. The van der Waals surface area contributed by atoms with Crippen LogP contribution in [0.4, 0.5) is 4.39 Å². The van der Waals surface area contributed by atoms with Gasteiger partial charge < -0.3 is 4.90 Å². The molecule has 1 aromatic carbocycles. The molecule has 24 heavy (non-hydrogen) atoms. The first-order valence-electron chi connectivity index (χ1n) is 7.17. The Labute approximate surface area is 137 Å². The van der Waals surface area contributed by atoms with E-state index in [-0.39, 0.29) is 30.4 Å². The van der Waals surface area contributed by atoms with Gasteiger partial charge in [-0.25, -0.2) is 17.5 Å². The van der Waals surface area contributed by atoms with Crippen LogP contribution >= 0.6 is 0 Å². The molecule has 3 rings (SSSR count). The lowest BCUT2D eigenvalue weighted by Crippen LogP contribution is -2.57. The van der Waals surface area contributed by atoms with Gasteiger partial charge in [-0.2, -0.15) is 5.10 Å². The molecule has 0 atom stereocenters. The Bertz CT molecular complexity index is 918. The van der Waals surface area contributed by atoms with Crippen molar-refractivity contribution in [2.45, 2.75) is 16.7 Å². The minimum absolute atomic E-state index is 0.0296. The molecule has 1 aliphatic heterocycles. The zero-order chi connectivity index (χ0) is 17.3. The quantitative estimate of drug-likeness (QED) is 0.727. The number of likely N-dealkylation sites (tertiary alicyclic amines) is 1. The average molecular weight is 351 g/mol. The SMILES string of the molecule is O=C(Cn1ncccc1=O)N1CC(S(=O)(=O)c2ccc(F)cc2)C1. The molecule has 1 saturated heterocycles. The van der Waals surface area contributed by atoms with Gasteiger partial charge in [-0.1, -0.05) is 0 Å². The van der Waals surface area contributed by atoms with Crippen LogP contribution in [0.2, 0.25) is 0 Å². The van der Waals surface area contributed by atoms with E-state index in [1.165, 1.54) is 35.4 Å². The molecular formula is C15H14FN3O4S. The van der Waals surface area contributed by atoms with Crippen LogP contribution in [0.1, 0.15) is 0 Å². The third kappa shape index (κ3) is 3.07. The predicted molar refractivity (Wildman–Crippen MR) is 82.5 cm³/mol. The fourth-order valence-electron chi connectivity index (χ4n) is 2.39. The molecule has 0 radical (unpaired) electrons. The molecule has 0 bridgehead atoms. The smallest absolute Gasteiger partial charge is 0.267 e. The highest BCUT2D eigenvalue weighted by Gasteiger charge is 2.40. The van der Waals surface area contributed by atoms with E-state index in [4.69, 9.17) is 0 Å². The number of rotatable bonds is 4. The standard InChI is InChI=1S/C15H14FN3O4S/c16-11-3-5-12(6-4-11)24(22,23)13-8-18(9-13)15(21)10-19-14(20)2-1-7-17-19/h1-7,13H,8-10H2. The van der Waals surface area contributed by atoms with Crippen LogP contribution in [-0.2, 0) is 21.2 Å². The minimum atomic E-state index is -3.61. The minimum Gasteiger partial charge on any atom is -0.338 e. The second-order valence-corrected chi connectivity index (χ2v) is 7.67. The van der Waals surface area contributed by atoms with E-state index < -0.39 is 26.5 Å². The summed E-state index contributed by atoms with van der Waals surface area (Å²) in [4.78, 5) is 25.0. The van der Waals surface area contributed by atoms with Crippen molar-refractivity contribution in [3.05, 3.63) is 58.8 Å². The average Bonchev–Trinajstić information content (AvgIpc) is 2.48. The summed E-state index contributed by atoms with van der Waals surface area (Å²) < 4.78 is 38.7. The van der Waals surface area contributed by atoms with Crippen LogP contribution in [0.25, 0.3) is 0 Å². The highest BCUT2D eigenvalue weighted by molar-refractivity contribution is 7.92. The monoisotopic (exact) mass is 351 g/mol. The summed E-state index contributed by atoms with van der Waals surface area (Å²) >= 11 is 0. The molecule has 0 N–H and O–H groups in total. The van der Waals surface area contributed by atoms with E-state index in [0.717, 1.165) is 16.8 Å². The topological polar surface area (TPSA) is 89.3 Å². The van der Waals surface area contributed by atoms with Crippen molar-refractivity contribution >= 4 is 15.7 Å². The van der Waals surface area contributed by atoms with E-state index in [1.54, 1.807) is 0 Å². The number of nitrogens with zero attached hydrogens (tertiary/aromatic N) is 3. The van der Waals surface area contributed by atoms with Crippen molar-refractivity contribution in [3.8, 4) is 0 Å². The second-order valence-electron chi connectivity index (χ2n) is 5.44. The maximum absolute atomic E-state index is 12.9. The summed E-state index contributed by atoms with van der Waals surface area (Å²) in [6.45, 7) is -0.150. The molecule has 2 heterocycles. The second kappa shape index (κ2) is 6.16. The van der Waals surface area contributed by atoms with Gasteiger partial charge in [0.15, 0.2) is 9.84 Å². The number of aromatic nitrogens is 2. The Balaban J connectivity index is 1.64. The van der Waals surface area contributed by atoms with E-state index in [0.29, 0.717) is 0 Å². The molecule has 126 valence electrons. The third-order valence-electron chi connectivity index (χ3n) is 3.85. The van der Waals surface area contributed by atoms with Crippen LogP contribution in [-0.4, -0.2) is 47.3 Å². The molecule has 1 fully saturated rings. The van der Waals surface area contributed by atoms with Crippen molar-refractivity contribution in [2.75, 3.05) is 13.1 Å². The lowest BCUT2D eigenvalue weighted by molar-refractivity contribution is -0.135. The molecule has 1 aromatic heterocycles. The first kappa shape index (κ1) is 16.3. The molecule has 7 nitrogen and oxygen atoms in total. The first-order chi connectivity index (χ1) is 11.4. The summed E-state index contributed by atoms with van der Waals surface area (Å²) in [5, 5.41) is 3.06. The van der Waals surface area contributed by atoms with Crippen molar-refractivity contribution in [1.82, 2.24) is 14.7 Å². The maximum atomic E-state index is 12.9. The Hall–Kier alpha value is -2.55. The molecule has 1 aliphatic rings. The van der Waals surface area contributed by atoms with Crippen LogP contribution in [0.3, 0.4) is 0 Å². The van der Waals surface area contributed by atoms with Gasteiger partial charge in [0.25, 0.3) is 5.56 Å². The number of sulfone groups is 1. The summed E-state index contributed by atoms with van der Waals surface area (Å²) in [6.07, 6.45) is 1.40. The number of hydrogen-bond donors (Lipinski definition) is 0. The summed E-state index contributed by atoms with van der Waals surface area (Å²) in [6, 6.07) is 7.35. The highest BCUT2D eigenvalue weighted by atomic mass is 32.2. The van der Waals surface area contributed by atoms with Gasteiger partial charge in [0.2, 0.25) is 5.91 Å². The van der Waals surface area contributed by atoms with Crippen LogP contribution in [0, 0.1) is 5.82 Å². The Morgan fingerprint density at radius 2 is 1.88 bits per heavy atom. The van der Waals surface area contributed by atoms with Gasteiger partial charge in [0.05, 0.1) is 4.90 Å². The number of carbonyl (C=O) groups excluding carboxylic acids is 1. The lowest BCUT2D eigenvalue weighted by atomic mass is 10.2. The lowest BCUT2D eigenvalue weighted by Gasteiger charge is -2.38. The molecule has 9 heteroatoms. The van der Waals surface area contributed by atoms with Crippen molar-refractivity contribution in [3.63, 3.8) is 0 Å². The number of hydrogen-bond acceptors (Lipinski definition) is 5. The molecule has 0 unspecified atom stereocenters. The summed E-state index contributed by atoms with van der Waals surface area (Å²) in [7, 11) is -3.61. The molecule has 0 aliphatic carbocycles. The van der Waals surface area contributed by atoms with Crippen molar-refractivity contribution in [1.29, 1.82) is 0 Å². The van der Waals surface area contributed by atoms with Crippen LogP contribution in [0.15, 0.2) is 52.3 Å². The molecule has 0 saturated carbocycles. The largest absolute Gasteiger partial charge is 0.338 e. The number of amides is 1. The molecule has 2 aromatic rings. The normalized spacial score (nSPS) is 15.1. The number of halogens is 1. The first-order valence-corrected chi connectivity index (χ1v) is 8.72. The number of benzene rings is 1. The zero-order valence-corrected chi connectivity index (χ0v) is 13.3. The molecular weight excluding hydrogens is 337 g/mol. The molecule has 1 amide bonds. The Kier molecular flexibility index (Phi) is 4.18. The maximum Gasteiger partial charge on any atom is 0.267 e. The highest BCUT2D eigenvalue weighted by Crippen LogP contribution is 2.24. The van der Waals surface area contributed by atoms with Crippen LogP contribution in [0.5, 0.6) is 0 Å². The van der Waals surface area contributed by atoms with Gasteiger partial charge in [0.1, 0.15) is 17.6 Å². The summed E-state index contributed by atoms with van der Waals surface area (Å²) in [5.41, 5.74) is -0.401. The van der Waals surface area contributed by atoms with Crippen LogP contribution < -0.4 is 5.56 Å². The molecule has 0 spiro atoms. The number of carbonyl (C=O) groups is 1. The van der Waals surface area contributed by atoms with Crippen molar-refractivity contribution in [2.24, 2.45) is 0 Å². The van der Waals surface area contributed by atoms with E-state index in [9.17, 15) is 22.4 Å². The van der Waals surface area contributed by atoms with Gasteiger partial charge in [-0.3, -0.25) is 9.59 Å². The van der Waals surface area contributed by atoms with E-state index in [1.807, 2.05) is 0 Å². The van der Waals surface area contributed by atoms with Gasteiger partial charge in [-0.05, 0) is 30.3 Å². The van der Waals surface area contributed by atoms with E-state index in [2.05, 4.69) is 5.10 Å². The fraction of sp³-hybridized carbons (Fsp3) is 0.267. The van der Waals surface area contributed by atoms with Gasteiger partial charge >= 0.3 is 0 Å². The summed E-state index contributed by atoms with van der Waals surface area (Å²) in [5.74, 6) is -0.887. The van der Waals surface area contributed by atoms with Gasteiger partial charge in [-0.15, -0.1) is 0 Å². The fourth-order valence-corrected chi connectivity index (χ4v) is 4.04. The van der Waals surface area contributed by atoms with E-state index >= 15 is 0 Å². The van der Waals surface area contributed by atoms with Crippen molar-refractivity contribution < 1.29 is 17.6 Å². The van der Waals surface area contributed by atoms with Gasteiger partial charge in [0, 0.05) is 25.4 Å². The Morgan fingerprint density at radius 3 is 2.50 bits per heavy atom. The third-order valence-corrected chi connectivity index (χ3v) is 5.96. The zero-order valence-electron chi connectivity index (χ0n) is 12.5.